The Morgan fingerprint density at radius 3 is 2.47 bits per heavy atom. The fraction of sp³-hybridized carbons (Fsp3) is 0.533. The van der Waals surface area contributed by atoms with Crippen LogP contribution in [0.2, 0.25) is 0 Å². The SMILES string of the molecule is CCOC(=O)C(NCC(C)OCC)c1ccccc1. The van der Waals surface area contributed by atoms with Gasteiger partial charge in [0, 0.05) is 13.2 Å². The number of carbonyl (C=O) groups is 1. The van der Waals surface area contributed by atoms with Crippen LogP contribution < -0.4 is 5.32 Å². The van der Waals surface area contributed by atoms with Gasteiger partial charge in [-0.15, -0.1) is 0 Å². The Labute approximate surface area is 115 Å². The van der Waals surface area contributed by atoms with Crippen LogP contribution >= 0.6 is 0 Å². The molecule has 1 N–H and O–H groups in total. The zero-order valence-corrected chi connectivity index (χ0v) is 11.9. The van der Waals surface area contributed by atoms with E-state index in [1.807, 2.05) is 51.1 Å². The van der Waals surface area contributed by atoms with E-state index in [0.717, 1.165) is 5.56 Å². The number of rotatable bonds is 8. The summed E-state index contributed by atoms with van der Waals surface area (Å²) in [6, 6.07) is 9.14. The second-order valence-electron chi connectivity index (χ2n) is 4.27. The first-order valence-electron chi connectivity index (χ1n) is 6.75. The molecule has 2 unspecified atom stereocenters. The predicted molar refractivity (Wildman–Crippen MR) is 74.9 cm³/mol. The molecule has 0 aliphatic heterocycles. The van der Waals surface area contributed by atoms with E-state index in [9.17, 15) is 4.79 Å². The summed E-state index contributed by atoms with van der Waals surface area (Å²) in [5.41, 5.74) is 0.907. The quantitative estimate of drug-likeness (QED) is 0.733. The lowest BCUT2D eigenvalue weighted by Gasteiger charge is -2.20. The molecule has 0 saturated heterocycles. The highest BCUT2D eigenvalue weighted by Crippen LogP contribution is 2.14. The number of esters is 1. The molecule has 106 valence electrons. The zero-order valence-electron chi connectivity index (χ0n) is 11.9. The maximum absolute atomic E-state index is 12.0. The maximum Gasteiger partial charge on any atom is 0.327 e. The van der Waals surface area contributed by atoms with Crippen LogP contribution in [0.15, 0.2) is 30.3 Å². The van der Waals surface area contributed by atoms with Crippen LogP contribution in [0.1, 0.15) is 32.4 Å². The average Bonchev–Trinajstić information content (AvgIpc) is 2.41. The summed E-state index contributed by atoms with van der Waals surface area (Å²) in [6.45, 7) is 7.39. The van der Waals surface area contributed by atoms with Gasteiger partial charge in [0.25, 0.3) is 0 Å². The fourth-order valence-corrected chi connectivity index (χ4v) is 1.84. The first-order valence-corrected chi connectivity index (χ1v) is 6.75. The van der Waals surface area contributed by atoms with E-state index in [1.54, 1.807) is 0 Å². The topological polar surface area (TPSA) is 47.6 Å². The molecule has 0 radical (unpaired) electrons. The van der Waals surface area contributed by atoms with Crippen molar-refractivity contribution in [2.75, 3.05) is 19.8 Å². The lowest BCUT2D eigenvalue weighted by molar-refractivity contribution is -0.146. The summed E-state index contributed by atoms with van der Waals surface area (Å²) in [6.07, 6.45) is 0.0608. The van der Waals surface area contributed by atoms with Crippen molar-refractivity contribution in [3.63, 3.8) is 0 Å². The van der Waals surface area contributed by atoms with Gasteiger partial charge in [-0.2, -0.15) is 0 Å². The molecule has 0 fully saturated rings. The van der Waals surface area contributed by atoms with Crippen molar-refractivity contribution < 1.29 is 14.3 Å². The summed E-state index contributed by atoms with van der Waals surface area (Å²) in [4.78, 5) is 12.0. The Kier molecular flexibility index (Phi) is 7.15. The highest BCUT2D eigenvalue weighted by molar-refractivity contribution is 5.77. The van der Waals surface area contributed by atoms with Crippen molar-refractivity contribution in [2.45, 2.75) is 32.9 Å². The standard InChI is InChI=1S/C15H23NO3/c1-4-18-12(3)11-16-14(15(17)19-5-2)13-9-7-6-8-10-13/h6-10,12,14,16H,4-5,11H2,1-3H3. The van der Waals surface area contributed by atoms with Crippen LogP contribution in [0.25, 0.3) is 0 Å². The van der Waals surface area contributed by atoms with Gasteiger partial charge in [0.15, 0.2) is 0 Å². The number of nitrogens with one attached hydrogen (secondary N) is 1. The highest BCUT2D eigenvalue weighted by atomic mass is 16.5. The van der Waals surface area contributed by atoms with E-state index in [2.05, 4.69) is 5.32 Å². The Balaban J connectivity index is 2.68. The lowest BCUT2D eigenvalue weighted by atomic mass is 10.1. The summed E-state index contributed by atoms with van der Waals surface area (Å²) < 4.78 is 10.6. The van der Waals surface area contributed by atoms with Crippen molar-refractivity contribution in [2.24, 2.45) is 0 Å². The molecule has 0 aliphatic rings. The van der Waals surface area contributed by atoms with Crippen molar-refractivity contribution in [3.8, 4) is 0 Å². The number of hydrogen-bond acceptors (Lipinski definition) is 4. The van der Waals surface area contributed by atoms with Crippen LogP contribution in [-0.4, -0.2) is 31.8 Å². The van der Waals surface area contributed by atoms with Gasteiger partial charge in [-0.25, -0.2) is 4.79 Å². The molecule has 0 aliphatic carbocycles. The van der Waals surface area contributed by atoms with Crippen LogP contribution in [-0.2, 0) is 14.3 Å². The number of carbonyl (C=O) groups excluding carboxylic acids is 1. The van der Waals surface area contributed by atoms with Gasteiger partial charge >= 0.3 is 5.97 Å². The molecule has 19 heavy (non-hydrogen) atoms. The van der Waals surface area contributed by atoms with E-state index >= 15 is 0 Å². The van der Waals surface area contributed by atoms with Gasteiger partial charge in [0.2, 0.25) is 0 Å². The Hall–Kier alpha value is -1.39. The highest BCUT2D eigenvalue weighted by Gasteiger charge is 2.21. The second kappa shape index (κ2) is 8.67. The molecular formula is C15H23NO3. The summed E-state index contributed by atoms with van der Waals surface area (Å²) >= 11 is 0. The summed E-state index contributed by atoms with van der Waals surface area (Å²) in [7, 11) is 0. The van der Waals surface area contributed by atoms with E-state index in [4.69, 9.17) is 9.47 Å². The van der Waals surface area contributed by atoms with Gasteiger partial charge in [-0.05, 0) is 26.3 Å². The third kappa shape index (κ3) is 5.41. The molecule has 0 bridgehead atoms. The fourth-order valence-electron chi connectivity index (χ4n) is 1.84. The van der Waals surface area contributed by atoms with Crippen molar-refractivity contribution in [1.82, 2.24) is 5.32 Å². The molecule has 0 saturated carbocycles. The monoisotopic (exact) mass is 265 g/mol. The minimum atomic E-state index is -0.441. The van der Waals surface area contributed by atoms with E-state index in [0.29, 0.717) is 19.8 Å². The molecule has 0 amide bonds. The third-order valence-electron chi connectivity index (χ3n) is 2.72. The molecule has 1 aromatic rings. The van der Waals surface area contributed by atoms with Crippen LogP contribution in [0.3, 0.4) is 0 Å². The second-order valence-corrected chi connectivity index (χ2v) is 4.27. The molecule has 4 heteroatoms. The van der Waals surface area contributed by atoms with E-state index in [-0.39, 0.29) is 12.1 Å². The van der Waals surface area contributed by atoms with Crippen LogP contribution in [0.4, 0.5) is 0 Å². The Bertz CT molecular complexity index is 367. The molecule has 1 aromatic carbocycles. The minimum Gasteiger partial charge on any atom is -0.465 e. The smallest absolute Gasteiger partial charge is 0.327 e. The lowest BCUT2D eigenvalue weighted by Crippen LogP contribution is -2.35. The molecule has 0 aromatic heterocycles. The maximum atomic E-state index is 12.0. The van der Waals surface area contributed by atoms with Crippen molar-refractivity contribution in [3.05, 3.63) is 35.9 Å². The largest absolute Gasteiger partial charge is 0.465 e. The van der Waals surface area contributed by atoms with Crippen LogP contribution in [0.5, 0.6) is 0 Å². The van der Waals surface area contributed by atoms with Gasteiger partial charge in [-0.3, -0.25) is 5.32 Å². The summed E-state index contributed by atoms with van der Waals surface area (Å²) in [5, 5.41) is 3.21. The van der Waals surface area contributed by atoms with Crippen molar-refractivity contribution >= 4 is 5.97 Å². The molecule has 2 atom stereocenters. The van der Waals surface area contributed by atoms with Crippen LogP contribution in [0, 0.1) is 0 Å². The first kappa shape index (κ1) is 15.7. The van der Waals surface area contributed by atoms with Gasteiger partial charge < -0.3 is 9.47 Å². The minimum absolute atomic E-state index is 0.0608. The Morgan fingerprint density at radius 2 is 1.89 bits per heavy atom. The number of ether oxygens (including phenoxy) is 2. The Morgan fingerprint density at radius 1 is 1.21 bits per heavy atom. The number of hydrogen-bond donors (Lipinski definition) is 1. The molecule has 0 spiro atoms. The molecular weight excluding hydrogens is 242 g/mol. The van der Waals surface area contributed by atoms with Gasteiger partial charge in [0.1, 0.15) is 6.04 Å². The first-order chi connectivity index (χ1) is 9.19. The van der Waals surface area contributed by atoms with E-state index in [1.165, 1.54) is 0 Å². The van der Waals surface area contributed by atoms with Gasteiger partial charge in [0.05, 0.1) is 12.7 Å². The van der Waals surface area contributed by atoms with E-state index < -0.39 is 6.04 Å². The molecule has 4 nitrogen and oxygen atoms in total. The van der Waals surface area contributed by atoms with Crippen molar-refractivity contribution in [1.29, 1.82) is 0 Å². The van der Waals surface area contributed by atoms with Gasteiger partial charge in [-0.1, -0.05) is 30.3 Å². The predicted octanol–water partition coefficient (Wildman–Crippen LogP) is 2.31. The number of benzene rings is 1. The summed E-state index contributed by atoms with van der Waals surface area (Å²) in [5.74, 6) is -0.252. The molecule has 0 heterocycles. The third-order valence-corrected chi connectivity index (χ3v) is 2.72. The average molecular weight is 265 g/mol. The normalized spacial score (nSPS) is 13.8. The molecule has 1 rings (SSSR count). The zero-order chi connectivity index (χ0) is 14.1.